The van der Waals surface area contributed by atoms with E-state index in [2.05, 4.69) is 20.1 Å². The third-order valence-corrected chi connectivity index (χ3v) is 5.85. The van der Waals surface area contributed by atoms with E-state index in [-0.39, 0.29) is 11.3 Å². The fourth-order valence-corrected chi connectivity index (χ4v) is 4.28. The highest BCUT2D eigenvalue weighted by Crippen LogP contribution is 2.39. The molecule has 2 aliphatic heterocycles. The van der Waals surface area contributed by atoms with Gasteiger partial charge in [0.2, 0.25) is 0 Å². The largest absolute Gasteiger partial charge is 0.507 e. The second-order valence-corrected chi connectivity index (χ2v) is 7.86. The molecule has 1 amide bonds. The Morgan fingerprint density at radius 3 is 2.65 bits per heavy atom. The van der Waals surface area contributed by atoms with Crippen molar-refractivity contribution >= 4 is 17.4 Å². The number of aliphatic hydroxyl groups is 1. The summed E-state index contributed by atoms with van der Waals surface area (Å²) in [6.45, 7) is 7.85. The number of ketones is 1. The number of H-pyrrole nitrogens is 1. The third-order valence-electron chi connectivity index (χ3n) is 5.85. The summed E-state index contributed by atoms with van der Waals surface area (Å²) in [6, 6.07) is 4.62. The van der Waals surface area contributed by atoms with Crippen LogP contribution in [-0.4, -0.2) is 81.2 Å². The molecule has 2 aromatic heterocycles. The monoisotopic (exact) mass is 425 g/mol. The molecule has 0 aliphatic carbocycles. The number of amides is 1. The lowest BCUT2D eigenvalue weighted by Crippen LogP contribution is -2.39. The van der Waals surface area contributed by atoms with Crippen molar-refractivity contribution in [3.63, 3.8) is 0 Å². The van der Waals surface area contributed by atoms with Crippen molar-refractivity contribution in [3.05, 3.63) is 52.6 Å². The minimum atomic E-state index is -0.736. The van der Waals surface area contributed by atoms with Gasteiger partial charge in [-0.1, -0.05) is 6.07 Å². The standard InChI is InChI=1S/C22H27N5O4/c1-14-17(15(2)25-24-14)20(28)18-19(16-6-3-4-7-23-16)27(22(30)21(18)29)9-5-8-26-10-12-31-13-11-26/h3-4,6-7,19,28H,5,8-13H2,1-2H3,(H,24,25)/b20-18+. The number of rotatable bonds is 6. The molecule has 9 nitrogen and oxygen atoms in total. The van der Waals surface area contributed by atoms with Gasteiger partial charge in [-0.3, -0.25) is 24.6 Å². The minimum Gasteiger partial charge on any atom is -0.507 e. The summed E-state index contributed by atoms with van der Waals surface area (Å²) in [7, 11) is 0. The number of aromatic nitrogens is 3. The molecule has 0 radical (unpaired) electrons. The topological polar surface area (TPSA) is 112 Å². The molecular weight excluding hydrogens is 398 g/mol. The van der Waals surface area contributed by atoms with E-state index in [4.69, 9.17) is 4.74 Å². The molecule has 2 aliphatic rings. The number of hydrogen-bond donors (Lipinski definition) is 2. The molecule has 4 heterocycles. The van der Waals surface area contributed by atoms with Crippen molar-refractivity contribution in [1.82, 2.24) is 25.0 Å². The van der Waals surface area contributed by atoms with Gasteiger partial charge in [-0.05, 0) is 32.4 Å². The molecular formula is C22H27N5O4. The fraction of sp³-hybridized carbons (Fsp3) is 0.455. The second kappa shape index (κ2) is 8.99. The summed E-state index contributed by atoms with van der Waals surface area (Å²) in [6.07, 6.45) is 2.33. The van der Waals surface area contributed by atoms with E-state index in [1.165, 1.54) is 4.90 Å². The number of aryl methyl sites for hydroxylation is 2. The van der Waals surface area contributed by atoms with Crippen LogP contribution in [0.2, 0.25) is 0 Å². The van der Waals surface area contributed by atoms with Crippen molar-refractivity contribution in [2.24, 2.45) is 0 Å². The Kier molecular flexibility index (Phi) is 6.15. The molecule has 2 aromatic rings. The average Bonchev–Trinajstić information content (AvgIpc) is 3.25. The number of nitrogens with one attached hydrogen (secondary N) is 1. The van der Waals surface area contributed by atoms with Crippen LogP contribution >= 0.6 is 0 Å². The first kappa shape index (κ1) is 21.2. The maximum atomic E-state index is 13.0. The van der Waals surface area contributed by atoms with Gasteiger partial charge in [0.1, 0.15) is 11.8 Å². The molecule has 2 saturated heterocycles. The van der Waals surface area contributed by atoms with E-state index >= 15 is 0 Å². The highest BCUT2D eigenvalue weighted by Gasteiger charge is 2.46. The van der Waals surface area contributed by atoms with Crippen molar-refractivity contribution in [2.45, 2.75) is 26.3 Å². The molecule has 2 N–H and O–H groups in total. The van der Waals surface area contributed by atoms with Gasteiger partial charge in [0.05, 0.1) is 35.7 Å². The molecule has 2 fully saturated rings. The number of carbonyl (C=O) groups is 2. The Labute approximate surface area is 180 Å². The van der Waals surface area contributed by atoms with Gasteiger partial charge >= 0.3 is 0 Å². The SMILES string of the molecule is Cc1n[nH]c(C)c1/C(O)=C1\C(=O)C(=O)N(CCCN2CCOCC2)C1c1ccccn1. The van der Waals surface area contributed by atoms with Crippen LogP contribution < -0.4 is 0 Å². The van der Waals surface area contributed by atoms with Crippen molar-refractivity contribution in [1.29, 1.82) is 0 Å². The van der Waals surface area contributed by atoms with Crippen molar-refractivity contribution in [3.8, 4) is 0 Å². The zero-order chi connectivity index (χ0) is 22.0. The van der Waals surface area contributed by atoms with Crippen LogP contribution in [0, 0.1) is 13.8 Å². The molecule has 0 aromatic carbocycles. The molecule has 9 heteroatoms. The molecule has 1 unspecified atom stereocenters. The first-order chi connectivity index (χ1) is 15.0. The van der Waals surface area contributed by atoms with E-state index in [1.54, 1.807) is 32.2 Å². The lowest BCUT2D eigenvalue weighted by atomic mass is 9.97. The van der Waals surface area contributed by atoms with Gasteiger partial charge in [-0.25, -0.2) is 0 Å². The minimum absolute atomic E-state index is 0.0580. The number of morpholine rings is 1. The number of Topliss-reactive ketones (excluding diaryl/α,β-unsaturated/α-hetero) is 1. The van der Waals surface area contributed by atoms with Gasteiger partial charge in [-0.15, -0.1) is 0 Å². The fourth-order valence-electron chi connectivity index (χ4n) is 4.28. The van der Waals surface area contributed by atoms with Crippen LogP contribution in [0.15, 0.2) is 30.0 Å². The predicted molar refractivity (Wildman–Crippen MR) is 113 cm³/mol. The van der Waals surface area contributed by atoms with Crippen LogP contribution in [0.5, 0.6) is 0 Å². The maximum absolute atomic E-state index is 13.0. The molecule has 164 valence electrons. The molecule has 0 bridgehead atoms. The summed E-state index contributed by atoms with van der Waals surface area (Å²) in [5.41, 5.74) is 2.25. The number of hydrogen-bond acceptors (Lipinski definition) is 7. The summed E-state index contributed by atoms with van der Waals surface area (Å²) in [5.74, 6) is -1.52. The summed E-state index contributed by atoms with van der Waals surface area (Å²) in [5, 5.41) is 18.0. The third kappa shape index (κ3) is 4.11. The highest BCUT2D eigenvalue weighted by atomic mass is 16.5. The van der Waals surface area contributed by atoms with Gasteiger partial charge in [0.25, 0.3) is 11.7 Å². The summed E-state index contributed by atoms with van der Waals surface area (Å²) < 4.78 is 5.38. The molecule has 0 spiro atoms. The zero-order valence-electron chi connectivity index (χ0n) is 17.8. The Bertz CT molecular complexity index is 975. The number of pyridine rings is 1. The Morgan fingerprint density at radius 2 is 2.00 bits per heavy atom. The maximum Gasteiger partial charge on any atom is 0.295 e. The number of aliphatic hydroxyl groups excluding tert-OH is 1. The molecule has 4 rings (SSSR count). The van der Waals surface area contributed by atoms with Crippen LogP contribution in [0.25, 0.3) is 5.76 Å². The Balaban J connectivity index is 1.67. The molecule has 0 saturated carbocycles. The number of aromatic amines is 1. The van der Waals surface area contributed by atoms with E-state index < -0.39 is 17.7 Å². The van der Waals surface area contributed by atoms with Gasteiger partial charge < -0.3 is 14.7 Å². The van der Waals surface area contributed by atoms with Gasteiger partial charge in [0.15, 0.2) is 0 Å². The average molecular weight is 425 g/mol. The zero-order valence-corrected chi connectivity index (χ0v) is 17.8. The normalized spacial score (nSPS) is 21.7. The van der Waals surface area contributed by atoms with E-state index in [0.717, 1.165) is 19.6 Å². The quantitative estimate of drug-likeness (QED) is 0.410. The van der Waals surface area contributed by atoms with E-state index in [0.29, 0.717) is 48.8 Å². The van der Waals surface area contributed by atoms with E-state index in [9.17, 15) is 14.7 Å². The molecule has 31 heavy (non-hydrogen) atoms. The van der Waals surface area contributed by atoms with Crippen LogP contribution in [-0.2, 0) is 14.3 Å². The number of nitrogens with zero attached hydrogens (tertiary/aromatic N) is 4. The van der Waals surface area contributed by atoms with Gasteiger partial charge in [0, 0.05) is 38.1 Å². The number of likely N-dealkylation sites (tertiary alicyclic amines) is 1. The first-order valence-electron chi connectivity index (χ1n) is 10.5. The van der Waals surface area contributed by atoms with Crippen molar-refractivity contribution in [2.75, 3.05) is 39.4 Å². The second-order valence-electron chi connectivity index (χ2n) is 7.86. The van der Waals surface area contributed by atoms with Gasteiger partial charge in [-0.2, -0.15) is 5.10 Å². The number of ether oxygens (including phenoxy) is 1. The highest BCUT2D eigenvalue weighted by molar-refractivity contribution is 6.46. The van der Waals surface area contributed by atoms with Crippen LogP contribution in [0.1, 0.15) is 35.1 Å². The first-order valence-corrected chi connectivity index (χ1v) is 10.5. The van der Waals surface area contributed by atoms with E-state index in [1.807, 2.05) is 6.07 Å². The smallest absolute Gasteiger partial charge is 0.295 e. The summed E-state index contributed by atoms with van der Waals surface area (Å²) in [4.78, 5) is 34.2. The molecule has 1 atom stereocenters. The van der Waals surface area contributed by atoms with Crippen LogP contribution in [0.4, 0.5) is 0 Å². The lowest BCUT2D eigenvalue weighted by Gasteiger charge is -2.28. The Morgan fingerprint density at radius 1 is 1.23 bits per heavy atom. The number of carbonyl (C=O) groups excluding carboxylic acids is 2. The summed E-state index contributed by atoms with van der Waals surface area (Å²) >= 11 is 0. The van der Waals surface area contributed by atoms with Crippen LogP contribution in [0.3, 0.4) is 0 Å². The Hall–Kier alpha value is -3.04. The predicted octanol–water partition coefficient (Wildman–Crippen LogP) is 1.57. The lowest BCUT2D eigenvalue weighted by molar-refractivity contribution is -0.140. The van der Waals surface area contributed by atoms with Crippen molar-refractivity contribution < 1.29 is 19.4 Å².